The average Bonchev–Trinajstić information content (AvgIpc) is 3.17. The summed E-state index contributed by atoms with van der Waals surface area (Å²) in [7, 11) is 0. The molecule has 100 valence electrons. The number of hydrogen-bond acceptors (Lipinski definition) is 7. The fourth-order valence-electron chi connectivity index (χ4n) is 2.33. The number of aromatic nitrogens is 4. The van der Waals surface area contributed by atoms with Crippen molar-refractivity contribution in [1.82, 2.24) is 25.4 Å². The summed E-state index contributed by atoms with van der Waals surface area (Å²) >= 11 is 1.77. The average molecular weight is 285 g/mol. The highest BCUT2D eigenvalue weighted by Crippen LogP contribution is 2.31. The molecule has 0 saturated carbocycles. The predicted octanol–water partition coefficient (Wildman–Crippen LogP) is 1.82. The SMILES string of the molecule is c1cnc(-c2noc(C3NCCc4sccc43)n2)nc1. The number of nitrogens with zero attached hydrogens (tertiary/aromatic N) is 4. The molecule has 4 rings (SSSR count). The van der Waals surface area contributed by atoms with Crippen LogP contribution in [0.3, 0.4) is 0 Å². The zero-order valence-corrected chi connectivity index (χ0v) is 11.3. The largest absolute Gasteiger partial charge is 0.337 e. The number of fused-ring (bicyclic) bond motifs is 1. The Labute approximate surface area is 118 Å². The molecule has 1 unspecified atom stereocenters. The highest BCUT2D eigenvalue weighted by Gasteiger charge is 2.27. The first-order valence-corrected chi connectivity index (χ1v) is 7.20. The van der Waals surface area contributed by atoms with Crippen molar-refractivity contribution in [2.24, 2.45) is 0 Å². The third-order valence-electron chi connectivity index (χ3n) is 3.25. The van der Waals surface area contributed by atoms with Crippen LogP contribution in [0.25, 0.3) is 11.6 Å². The summed E-state index contributed by atoms with van der Waals surface area (Å²) in [6, 6.07) is 3.83. The number of rotatable bonds is 2. The van der Waals surface area contributed by atoms with Gasteiger partial charge in [0.15, 0.2) is 0 Å². The molecule has 0 radical (unpaired) electrons. The third kappa shape index (κ3) is 1.91. The molecule has 20 heavy (non-hydrogen) atoms. The quantitative estimate of drug-likeness (QED) is 0.774. The second-order valence-electron chi connectivity index (χ2n) is 4.46. The van der Waals surface area contributed by atoms with E-state index in [9.17, 15) is 0 Å². The Balaban J connectivity index is 1.70. The Kier molecular flexibility index (Phi) is 2.79. The molecule has 0 bridgehead atoms. The molecule has 1 N–H and O–H groups in total. The summed E-state index contributed by atoms with van der Waals surface area (Å²) in [5.74, 6) is 1.46. The highest BCUT2D eigenvalue weighted by atomic mass is 32.1. The lowest BCUT2D eigenvalue weighted by Crippen LogP contribution is -2.29. The first-order valence-electron chi connectivity index (χ1n) is 6.32. The summed E-state index contributed by atoms with van der Waals surface area (Å²) in [6.45, 7) is 0.914. The zero-order valence-electron chi connectivity index (χ0n) is 10.5. The van der Waals surface area contributed by atoms with Crippen LogP contribution in [0.15, 0.2) is 34.4 Å². The molecule has 1 aliphatic heterocycles. The molecule has 3 aromatic heterocycles. The fraction of sp³-hybridized carbons (Fsp3) is 0.231. The number of hydrogen-bond donors (Lipinski definition) is 1. The van der Waals surface area contributed by atoms with Crippen molar-refractivity contribution >= 4 is 11.3 Å². The van der Waals surface area contributed by atoms with Crippen molar-refractivity contribution in [2.45, 2.75) is 12.5 Å². The Morgan fingerprint density at radius 2 is 2.15 bits per heavy atom. The van der Waals surface area contributed by atoms with E-state index in [1.165, 1.54) is 10.4 Å². The van der Waals surface area contributed by atoms with E-state index in [1.54, 1.807) is 29.8 Å². The maximum Gasteiger partial charge on any atom is 0.248 e. The molecule has 3 aromatic rings. The summed E-state index contributed by atoms with van der Waals surface area (Å²) in [6.07, 6.45) is 4.37. The van der Waals surface area contributed by atoms with Gasteiger partial charge in [-0.05, 0) is 29.5 Å². The molecule has 0 aliphatic carbocycles. The van der Waals surface area contributed by atoms with E-state index in [2.05, 4.69) is 36.9 Å². The molecule has 1 atom stereocenters. The van der Waals surface area contributed by atoms with Gasteiger partial charge in [-0.15, -0.1) is 11.3 Å². The van der Waals surface area contributed by atoms with Crippen molar-refractivity contribution in [1.29, 1.82) is 0 Å². The molecule has 0 amide bonds. The van der Waals surface area contributed by atoms with Gasteiger partial charge in [0.2, 0.25) is 17.5 Å². The van der Waals surface area contributed by atoms with Gasteiger partial charge in [-0.2, -0.15) is 4.98 Å². The van der Waals surface area contributed by atoms with E-state index in [-0.39, 0.29) is 6.04 Å². The Morgan fingerprint density at radius 1 is 1.25 bits per heavy atom. The van der Waals surface area contributed by atoms with E-state index in [1.807, 2.05) is 0 Å². The van der Waals surface area contributed by atoms with E-state index >= 15 is 0 Å². The van der Waals surface area contributed by atoms with Crippen LogP contribution in [0.5, 0.6) is 0 Å². The van der Waals surface area contributed by atoms with Crippen LogP contribution < -0.4 is 5.32 Å². The van der Waals surface area contributed by atoms with Gasteiger partial charge in [0.25, 0.3) is 0 Å². The van der Waals surface area contributed by atoms with Crippen LogP contribution in [-0.2, 0) is 6.42 Å². The molecule has 0 spiro atoms. The second kappa shape index (κ2) is 4.77. The standard InChI is InChI=1S/C13H11N5OS/c1-4-15-11(16-5-1)12-17-13(19-18-12)10-8-3-7-20-9(8)2-6-14-10/h1,3-5,7,10,14H,2,6H2. The smallest absolute Gasteiger partial charge is 0.248 e. The van der Waals surface area contributed by atoms with Crippen molar-refractivity contribution in [3.8, 4) is 11.6 Å². The molecule has 0 saturated heterocycles. The lowest BCUT2D eigenvalue weighted by atomic mass is 10.0. The second-order valence-corrected chi connectivity index (χ2v) is 5.47. The van der Waals surface area contributed by atoms with Gasteiger partial charge >= 0.3 is 0 Å². The van der Waals surface area contributed by atoms with Crippen LogP contribution >= 0.6 is 11.3 Å². The van der Waals surface area contributed by atoms with Gasteiger partial charge in [-0.3, -0.25) is 0 Å². The van der Waals surface area contributed by atoms with E-state index in [0.717, 1.165) is 13.0 Å². The number of nitrogens with one attached hydrogen (secondary N) is 1. The molecular weight excluding hydrogens is 274 g/mol. The predicted molar refractivity (Wildman–Crippen MR) is 73.2 cm³/mol. The molecule has 1 aliphatic rings. The highest BCUT2D eigenvalue weighted by molar-refractivity contribution is 7.10. The zero-order chi connectivity index (χ0) is 13.4. The molecule has 4 heterocycles. The van der Waals surface area contributed by atoms with Crippen LogP contribution in [0.1, 0.15) is 22.4 Å². The van der Waals surface area contributed by atoms with Gasteiger partial charge in [0.1, 0.15) is 6.04 Å². The Morgan fingerprint density at radius 3 is 3.05 bits per heavy atom. The minimum absolute atomic E-state index is 0.0324. The fourth-order valence-corrected chi connectivity index (χ4v) is 3.25. The molecular formula is C13H11N5OS. The monoisotopic (exact) mass is 285 g/mol. The van der Waals surface area contributed by atoms with Gasteiger partial charge in [0.05, 0.1) is 0 Å². The van der Waals surface area contributed by atoms with E-state index in [0.29, 0.717) is 17.5 Å². The van der Waals surface area contributed by atoms with Crippen LogP contribution in [0.4, 0.5) is 0 Å². The normalized spacial score (nSPS) is 17.9. The summed E-state index contributed by atoms with van der Waals surface area (Å²) in [5, 5.41) is 9.48. The Hall–Kier alpha value is -2.12. The van der Waals surface area contributed by atoms with Gasteiger partial charge in [-0.25, -0.2) is 9.97 Å². The molecule has 7 heteroatoms. The van der Waals surface area contributed by atoms with Gasteiger partial charge in [0, 0.05) is 23.8 Å². The summed E-state index contributed by atoms with van der Waals surface area (Å²) < 4.78 is 5.39. The third-order valence-corrected chi connectivity index (χ3v) is 4.24. The molecule has 6 nitrogen and oxygen atoms in total. The van der Waals surface area contributed by atoms with Crippen molar-refractivity contribution in [3.63, 3.8) is 0 Å². The first-order chi connectivity index (χ1) is 9.92. The number of thiophene rings is 1. The van der Waals surface area contributed by atoms with Crippen molar-refractivity contribution in [3.05, 3.63) is 46.2 Å². The summed E-state index contributed by atoms with van der Waals surface area (Å²) in [4.78, 5) is 14.1. The molecule has 0 aromatic carbocycles. The van der Waals surface area contributed by atoms with E-state index in [4.69, 9.17) is 4.52 Å². The van der Waals surface area contributed by atoms with Gasteiger partial charge < -0.3 is 9.84 Å². The first kappa shape index (κ1) is 11.7. The Bertz CT molecular complexity index is 723. The molecule has 0 fully saturated rings. The van der Waals surface area contributed by atoms with Crippen LogP contribution in [-0.4, -0.2) is 26.7 Å². The maximum absolute atomic E-state index is 5.39. The maximum atomic E-state index is 5.39. The van der Waals surface area contributed by atoms with Crippen molar-refractivity contribution in [2.75, 3.05) is 6.54 Å². The van der Waals surface area contributed by atoms with E-state index < -0.39 is 0 Å². The minimum atomic E-state index is -0.0324. The van der Waals surface area contributed by atoms with Crippen molar-refractivity contribution < 1.29 is 4.52 Å². The lowest BCUT2D eigenvalue weighted by Gasteiger charge is -2.20. The van der Waals surface area contributed by atoms with Crippen LogP contribution in [0.2, 0.25) is 0 Å². The topological polar surface area (TPSA) is 76.7 Å². The lowest BCUT2D eigenvalue weighted by molar-refractivity contribution is 0.344. The van der Waals surface area contributed by atoms with Crippen LogP contribution in [0, 0.1) is 0 Å². The summed E-state index contributed by atoms with van der Waals surface area (Å²) in [5.41, 5.74) is 1.23. The van der Waals surface area contributed by atoms with Gasteiger partial charge in [-0.1, -0.05) is 5.16 Å². The minimum Gasteiger partial charge on any atom is -0.337 e.